The fourth-order valence-electron chi connectivity index (χ4n) is 3.85. The van der Waals surface area contributed by atoms with Crippen molar-refractivity contribution in [2.24, 2.45) is 5.10 Å². The van der Waals surface area contributed by atoms with Crippen LogP contribution >= 0.6 is 11.6 Å². The number of nitrogens with zero attached hydrogens (tertiary/aromatic N) is 4. The normalized spacial score (nSPS) is 11.3. The van der Waals surface area contributed by atoms with Gasteiger partial charge < -0.3 is 4.74 Å². The van der Waals surface area contributed by atoms with E-state index >= 15 is 0 Å². The minimum atomic E-state index is -0.690. The summed E-state index contributed by atoms with van der Waals surface area (Å²) < 4.78 is 6.69. The van der Waals surface area contributed by atoms with Crippen LogP contribution in [0.4, 0.5) is 5.69 Å². The van der Waals surface area contributed by atoms with E-state index in [9.17, 15) is 19.7 Å². The lowest BCUT2D eigenvalue weighted by atomic mass is 10.2. The number of non-ortho nitro benzene ring substituents is 1. The zero-order valence-electron chi connectivity index (χ0n) is 20.7. The molecule has 196 valence electrons. The molecule has 0 atom stereocenters. The summed E-state index contributed by atoms with van der Waals surface area (Å²) in [5.74, 6) is -0.188. The molecular formula is C30H19ClN4O5. The number of hydrogen-bond acceptors (Lipinski definition) is 7. The average molecular weight is 551 g/mol. The third kappa shape index (κ3) is 5.85. The summed E-state index contributed by atoms with van der Waals surface area (Å²) >= 11 is 6.20. The third-order valence-corrected chi connectivity index (χ3v) is 6.03. The van der Waals surface area contributed by atoms with Crippen LogP contribution in [0.2, 0.25) is 5.02 Å². The number of benzene rings is 4. The van der Waals surface area contributed by atoms with Crippen molar-refractivity contribution in [1.29, 1.82) is 0 Å². The Balaban J connectivity index is 1.47. The number of nitro groups is 1. The second-order valence-electron chi connectivity index (χ2n) is 8.47. The number of para-hydroxylation sites is 1. The van der Waals surface area contributed by atoms with E-state index in [1.165, 1.54) is 53.4 Å². The Morgan fingerprint density at radius 3 is 2.45 bits per heavy atom. The van der Waals surface area contributed by atoms with Gasteiger partial charge in [0, 0.05) is 34.4 Å². The first kappa shape index (κ1) is 26.2. The van der Waals surface area contributed by atoms with Gasteiger partial charge in [-0.25, -0.2) is 9.78 Å². The summed E-state index contributed by atoms with van der Waals surface area (Å²) in [6.45, 7) is 0. The predicted octanol–water partition coefficient (Wildman–Crippen LogP) is 6.13. The molecule has 0 aliphatic carbocycles. The molecule has 0 fully saturated rings. The summed E-state index contributed by atoms with van der Waals surface area (Å²) in [7, 11) is 0. The van der Waals surface area contributed by atoms with Crippen molar-refractivity contribution in [3.05, 3.63) is 140 Å². The first-order valence-electron chi connectivity index (χ1n) is 11.9. The summed E-state index contributed by atoms with van der Waals surface area (Å²) in [5.41, 5.74) is 1.74. The van der Waals surface area contributed by atoms with Gasteiger partial charge in [-0.15, -0.1) is 0 Å². The summed E-state index contributed by atoms with van der Waals surface area (Å²) in [6.07, 6.45) is 4.04. The highest BCUT2D eigenvalue weighted by Crippen LogP contribution is 2.23. The number of fused-ring (bicyclic) bond motifs is 1. The van der Waals surface area contributed by atoms with Crippen molar-refractivity contribution in [1.82, 2.24) is 9.66 Å². The molecular weight excluding hydrogens is 532 g/mol. The number of nitro benzene ring substituents is 1. The lowest BCUT2D eigenvalue weighted by Gasteiger charge is -2.10. The van der Waals surface area contributed by atoms with Crippen LogP contribution < -0.4 is 10.3 Å². The van der Waals surface area contributed by atoms with Crippen LogP contribution in [0.3, 0.4) is 0 Å². The predicted molar refractivity (Wildman–Crippen MR) is 154 cm³/mol. The molecule has 0 radical (unpaired) electrons. The molecule has 0 amide bonds. The monoisotopic (exact) mass is 550 g/mol. The van der Waals surface area contributed by atoms with Gasteiger partial charge in [-0.3, -0.25) is 14.9 Å². The van der Waals surface area contributed by atoms with E-state index in [-0.39, 0.29) is 17.0 Å². The number of aromatic nitrogens is 2. The van der Waals surface area contributed by atoms with E-state index in [0.29, 0.717) is 38.4 Å². The quantitative estimate of drug-likeness (QED) is 0.0601. The first-order valence-corrected chi connectivity index (χ1v) is 12.3. The van der Waals surface area contributed by atoms with E-state index in [0.717, 1.165) is 0 Å². The maximum atomic E-state index is 13.4. The van der Waals surface area contributed by atoms with Gasteiger partial charge >= 0.3 is 5.97 Å². The van der Waals surface area contributed by atoms with E-state index in [2.05, 4.69) is 10.1 Å². The van der Waals surface area contributed by atoms with Crippen molar-refractivity contribution in [3.8, 4) is 17.1 Å². The van der Waals surface area contributed by atoms with Crippen molar-refractivity contribution < 1.29 is 14.5 Å². The highest BCUT2D eigenvalue weighted by molar-refractivity contribution is 6.31. The Morgan fingerprint density at radius 1 is 0.975 bits per heavy atom. The molecule has 4 aromatic carbocycles. The zero-order valence-corrected chi connectivity index (χ0v) is 21.4. The van der Waals surface area contributed by atoms with Crippen LogP contribution in [-0.4, -0.2) is 26.8 Å². The maximum absolute atomic E-state index is 13.4. The lowest BCUT2D eigenvalue weighted by molar-refractivity contribution is -0.384. The van der Waals surface area contributed by atoms with Gasteiger partial charge in [0.2, 0.25) is 0 Å². The molecule has 5 rings (SSSR count). The highest BCUT2D eigenvalue weighted by Gasteiger charge is 2.13. The van der Waals surface area contributed by atoms with Crippen LogP contribution in [0.25, 0.3) is 28.4 Å². The average Bonchev–Trinajstić information content (AvgIpc) is 2.97. The number of rotatable bonds is 7. The standard InChI is InChI=1S/C30H19ClN4O5/c31-23-13-16-27(40-28(36)17-12-20-10-14-24(15-11-20)35(38)39)22(18-23)19-32-34-29(21-6-2-1-3-7-21)33-26-9-5-4-8-25(26)30(34)37/h1-19H/b17-12+,32-19?. The highest BCUT2D eigenvalue weighted by atomic mass is 35.5. The van der Waals surface area contributed by atoms with Gasteiger partial charge in [-0.1, -0.05) is 54.1 Å². The Morgan fingerprint density at radius 2 is 1.70 bits per heavy atom. The van der Waals surface area contributed by atoms with Crippen molar-refractivity contribution in [2.45, 2.75) is 0 Å². The van der Waals surface area contributed by atoms with Gasteiger partial charge in [-0.05, 0) is 54.1 Å². The summed E-state index contributed by atoms with van der Waals surface area (Å²) in [4.78, 5) is 40.9. The lowest BCUT2D eigenvalue weighted by Crippen LogP contribution is -2.20. The summed E-state index contributed by atoms with van der Waals surface area (Å²) in [5, 5.41) is 16.0. The molecule has 0 saturated heterocycles. The fourth-order valence-corrected chi connectivity index (χ4v) is 4.03. The SMILES string of the molecule is O=C(/C=C/c1ccc([N+](=O)[O-])cc1)Oc1ccc(Cl)cc1C=Nn1c(-c2ccccc2)nc2ccccc2c1=O. The molecule has 5 aromatic rings. The minimum Gasteiger partial charge on any atom is -0.423 e. The fraction of sp³-hybridized carbons (Fsp3) is 0. The number of carbonyl (C=O) groups is 1. The van der Waals surface area contributed by atoms with Crippen molar-refractivity contribution in [2.75, 3.05) is 0 Å². The van der Waals surface area contributed by atoms with Gasteiger partial charge in [0.25, 0.3) is 11.2 Å². The van der Waals surface area contributed by atoms with Crippen molar-refractivity contribution in [3.63, 3.8) is 0 Å². The molecule has 10 heteroatoms. The second-order valence-corrected chi connectivity index (χ2v) is 8.90. The molecule has 0 N–H and O–H groups in total. The second kappa shape index (κ2) is 11.5. The molecule has 0 spiro atoms. The van der Waals surface area contributed by atoms with E-state index in [4.69, 9.17) is 16.3 Å². The van der Waals surface area contributed by atoms with Gasteiger partial charge in [0.1, 0.15) is 5.75 Å². The molecule has 40 heavy (non-hydrogen) atoms. The molecule has 9 nitrogen and oxygen atoms in total. The molecule has 0 saturated carbocycles. The van der Waals surface area contributed by atoms with Crippen LogP contribution in [-0.2, 0) is 4.79 Å². The topological polar surface area (TPSA) is 117 Å². The smallest absolute Gasteiger partial charge is 0.336 e. The minimum absolute atomic E-state index is 0.0547. The van der Waals surface area contributed by atoms with Crippen LogP contribution in [0.5, 0.6) is 5.75 Å². The molecule has 1 aromatic heterocycles. The zero-order chi connectivity index (χ0) is 28.1. The van der Waals surface area contributed by atoms with Gasteiger partial charge in [-0.2, -0.15) is 9.78 Å². The third-order valence-electron chi connectivity index (χ3n) is 5.80. The van der Waals surface area contributed by atoms with E-state index < -0.39 is 10.9 Å². The number of halogens is 1. The van der Waals surface area contributed by atoms with Crippen molar-refractivity contribution >= 4 is 46.5 Å². The number of esters is 1. The van der Waals surface area contributed by atoms with E-state index in [1.54, 1.807) is 36.4 Å². The molecule has 0 bridgehead atoms. The number of carbonyl (C=O) groups excluding carboxylic acids is 1. The van der Waals surface area contributed by atoms with Crippen LogP contribution in [0.1, 0.15) is 11.1 Å². The molecule has 0 aliphatic heterocycles. The first-order chi connectivity index (χ1) is 19.4. The molecule has 0 aliphatic rings. The Bertz CT molecular complexity index is 1850. The molecule has 1 heterocycles. The number of ether oxygens (including phenoxy) is 1. The Hall–Kier alpha value is -5.41. The van der Waals surface area contributed by atoms with Crippen LogP contribution in [0.15, 0.2) is 113 Å². The molecule has 0 unspecified atom stereocenters. The Kier molecular flexibility index (Phi) is 7.56. The van der Waals surface area contributed by atoms with Gasteiger partial charge in [0.15, 0.2) is 5.82 Å². The Labute approximate surface area is 232 Å². The van der Waals surface area contributed by atoms with Crippen LogP contribution in [0, 0.1) is 10.1 Å². The largest absolute Gasteiger partial charge is 0.423 e. The van der Waals surface area contributed by atoms with Gasteiger partial charge in [0.05, 0.1) is 22.0 Å². The van der Waals surface area contributed by atoms with E-state index in [1.807, 2.05) is 30.3 Å². The summed E-state index contributed by atoms with van der Waals surface area (Å²) in [6, 6.07) is 26.5. The maximum Gasteiger partial charge on any atom is 0.336 e. The number of hydrogen-bond donors (Lipinski definition) is 0.